The molecule has 0 aromatic rings. The monoisotopic (exact) mass is 460 g/mol. The van der Waals surface area contributed by atoms with E-state index in [4.69, 9.17) is 4.74 Å². The molecule has 0 amide bonds. The molecule has 4 rings (SSSR count). The molecule has 4 nitrogen and oxygen atoms in total. The molecule has 1 radical (unpaired) electrons. The molecule has 2 atom stereocenters. The number of hydrogen-bond acceptors (Lipinski definition) is 4. The van der Waals surface area contributed by atoms with Crippen molar-refractivity contribution in [2.24, 2.45) is 0 Å². The Bertz CT molecular complexity index is 390. The number of alkyl halides is 2. The molecule has 95 valence electrons. The van der Waals surface area contributed by atoms with Crippen molar-refractivity contribution in [1.29, 1.82) is 0 Å². The molecule has 2 N–H and O–H groups in total. The van der Waals surface area contributed by atoms with E-state index in [9.17, 15) is 4.79 Å². The van der Waals surface area contributed by atoms with Gasteiger partial charge in [-0.15, -0.1) is 0 Å². The Morgan fingerprint density at radius 3 is 2.53 bits per heavy atom. The van der Waals surface area contributed by atoms with Crippen molar-refractivity contribution < 1.29 is 31.0 Å². The van der Waals surface area contributed by atoms with E-state index in [-0.39, 0.29) is 40.0 Å². The van der Waals surface area contributed by atoms with Gasteiger partial charge in [-0.3, -0.25) is 0 Å². The number of ether oxygens (including phenoxy) is 1. The van der Waals surface area contributed by atoms with Crippen molar-refractivity contribution >= 4 is 31.0 Å². The van der Waals surface area contributed by atoms with Gasteiger partial charge in [0, 0.05) is 0 Å². The van der Waals surface area contributed by atoms with Crippen LogP contribution in [0, 0.1) is 0 Å². The predicted molar refractivity (Wildman–Crippen MR) is 69.1 cm³/mol. The molecule has 0 spiro atoms. The number of halogens is 2. The summed E-state index contributed by atoms with van der Waals surface area (Å²) in [6.45, 7) is 2.15. The average Bonchev–Trinajstić information content (AvgIpc) is 3.15. The Morgan fingerprint density at radius 1 is 1.53 bits per heavy atom. The van der Waals surface area contributed by atoms with Crippen LogP contribution >= 0.6 is 19.9 Å². The van der Waals surface area contributed by atoms with E-state index in [1.807, 2.05) is 0 Å². The maximum atomic E-state index is 12.5. The molecule has 4 fully saturated rings. The van der Waals surface area contributed by atoms with Crippen molar-refractivity contribution in [1.82, 2.24) is 7.06 Å². The molecule has 4 aliphatic rings. The SMILES string of the molecule is CCC1(OC(=O)C2(C34[B]I3N4)N[I-]2)CCCC1. The van der Waals surface area contributed by atoms with Gasteiger partial charge in [0.2, 0.25) is 0 Å². The van der Waals surface area contributed by atoms with Gasteiger partial charge in [-0.2, -0.15) is 0 Å². The van der Waals surface area contributed by atoms with Crippen molar-refractivity contribution in [3.05, 3.63) is 0 Å². The first-order chi connectivity index (χ1) is 8.16. The molecule has 0 bridgehead atoms. The summed E-state index contributed by atoms with van der Waals surface area (Å²) in [5.74, 6) is 0.0649. The molecule has 1 saturated carbocycles. The zero-order valence-corrected chi connectivity index (χ0v) is 14.0. The molecule has 3 heterocycles. The average molecular weight is 460 g/mol. The molecule has 2 unspecified atom stereocenters. The van der Waals surface area contributed by atoms with Gasteiger partial charge in [0.25, 0.3) is 0 Å². The summed E-state index contributed by atoms with van der Waals surface area (Å²) in [4.78, 5) is 12.5. The summed E-state index contributed by atoms with van der Waals surface area (Å²) < 4.78 is 12.8. The minimum absolute atomic E-state index is 0.0649. The fourth-order valence-electron chi connectivity index (χ4n) is 2.76. The molecule has 1 aliphatic carbocycles. The van der Waals surface area contributed by atoms with Gasteiger partial charge in [-0.25, -0.2) is 0 Å². The standard InChI is InChI=1S/C10H15BI2N2O2/c1-2-8(5-3-4-6-8)17-7(16)9(12-14-9)10-11-13(10)15-10/h14-15H,2-6H2,1H3/q-1. The summed E-state index contributed by atoms with van der Waals surface area (Å²) in [6, 6.07) is 0. The Hall–Kier alpha value is 0.915. The summed E-state index contributed by atoms with van der Waals surface area (Å²) >= 11 is -1.10. The summed E-state index contributed by atoms with van der Waals surface area (Å²) in [6.07, 6.45) is 5.53. The molecule has 7 heteroatoms. The number of hydrogen-bond donors (Lipinski definition) is 2. The van der Waals surface area contributed by atoms with Crippen molar-refractivity contribution in [3.8, 4) is 0 Å². The van der Waals surface area contributed by atoms with Crippen LogP contribution in [0.15, 0.2) is 0 Å². The quantitative estimate of drug-likeness (QED) is 0.0958. The third kappa shape index (κ3) is 1.51. The molecular formula is C10H15BI2N2O2-. The van der Waals surface area contributed by atoms with E-state index in [1.54, 1.807) is 0 Å². The number of carbonyl (C=O) groups is 1. The topological polar surface area (TPSA) is 70.2 Å². The van der Waals surface area contributed by atoms with Crippen LogP contribution in [0.25, 0.3) is 0 Å². The fourth-order valence-corrected chi connectivity index (χ4v) is 13.5. The van der Waals surface area contributed by atoms with Crippen LogP contribution in [0.4, 0.5) is 0 Å². The molecular weight excluding hydrogens is 445 g/mol. The van der Waals surface area contributed by atoms with Gasteiger partial charge in [-0.05, 0) is 0 Å². The number of rotatable bonds is 4. The van der Waals surface area contributed by atoms with Crippen molar-refractivity contribution in [2.75, 3.05) is 0 Å². The van der Waals surface area contributed by atoms with E-state index >= 15 is 0 Å². The first-order valence-electron chi connectivity index (χ1n) is 6.14. The zero-order chi connectivity index (χ0) is 11.7. The molecule has 3 aliphatic heterocycles. The van der Waals surface area contributed by atoms with Crippen LogP contribution < -0.4 is 28.5 Å². The van der Waals surface area contributed by atoms with Gasteiger partial charge >= 0.3 is 121 Å². The number of esters is 1. The predicted octanol–water partition coefficient (Wildman–Crippen LogP) is -2.13. The Balaban J connectivity index is 1.50. The Labute approximate surface area is 120 Å². The Kier molecular flexibility index (Phi) is 2.42. The summed E-state index contributed by atoms with van der Waals surface area (Å²) in [7, 11) is 0. The van der Waals surface area contributed by atoms with E-state index < -0.39 is 19.9 Å². The van der Waals surface area contributed by atoms with Crippen LogP contribution in [0.3, 0.4) is 0 Å². The minimum atomic E-state index is -0.928. The molecule has 17 heavy (non-hydrogen) atoms. The van der Waals surface area contributed by atoms with E-state index in [0.717, 1.165) is 19.3 Å². The van der Waals surface area contributed by atoms with Gasteiger partial charge in [0.1, 0.15) is 0 Å². The van der Waals surface area contributed by atoms with Gasteiger partial charge in [0.15, 0.2) is 0 Å². The fraction of sp³-hybridized carbons (Fsp3) is 0.900. The number of fused-ring (bicyclic) bond motifs is 1. The molecule has 0 aromatic carbocycles. The second-order valence-corrected chi connectivity index (χ2v) is 12.6. The van der Waals surface area contributed by atoms with E-state index in [2.05, 4.69) is 19.1 Å². The number of carbonyl (C=O) groups excluding carboxylic acids is 1. The van der Waals surface area contributed by atoms with Gasteiger partial charge in [0.05, 0.1) is 0 Å². The van der Waals surface area contributed by atoms with Gasteiger partial charge < -0.3 is 0 Å². The second kappa shape index (κ2) is 3.51. The van der Waals surface area contributed by atoms with Crippen LogP contribution in [0.5, 0.6) is 0 Å². The third-order valence-electron chi connectivity index (χ3n) is 4.27. The Morgan fingerprint density at radius 2 is 2.12 bits per heavy atom. The molecule has 3 saturated heterocycles. The first kappa shape index (κ1) is 11.7. The maximum absolute atomic E-state index is 12.5. The van der Waals surface area contributed by atoms with E-state index in [1.165, 1.54) is 12.8 Å². The van der Waals surface area contributed by atoms with E-state index in [0.29, 0.717) is 0 Å². The summed E-state index contributed by atoms with van der Waals surface area (Å²) in [5.41, 5.74) is -0.127. The second-order valence-electron chi connectivity index (χ2n) is 5.21. The summed E-state index contributed by atoms with van der Waals surface area (Å²) in [5, 5.41) is 2.39. The van der Waals surface area contributed by atoms with Crippen LogP contribution in [-0.4, -0.2) is 23.7 Å². The molecule has 0 aromatic heterocycles. The van der Waals surface area contributed by atoms with Crippen LogP contribution in [0.1, 0.15) is 39.0 Å². The van der Waals surface area contributed by atoms with Crippen molar-refractivity contribution in [2.45, 2.75) is 51.6 Å². The van der Waals surface area contributed by atoms with Crippen LogP contribution in [-0.2, 0) is 9.53 Å². The number of nitrogens with one attached hydrogen (secondary N) is 2. The van der Waals surface area contributed by atoms with Crippen molar-refractivity contribution in [3.63, 3.8) is 0 Å². The zero-order valence-electron chi connectivity index (χ0n) is 9.69. The van der Waals surface area contributed by atoms with Crippen LogP contribution in [0.2, 0.25) is 0 Å². The first-order valence-corrected chi connectivity index (χ1v) is 11.7. The normalized spacial score (nSPS) is 46.3. The van der Waals surface area contributed by atoms with Gasteiger partial charge in [-0.1, -0.05) is 0 Å². The third-order valence-corrected chi connectivity index (χ3v) is 13.2.